The van der Waals surface area contributed by atoms with Crippen molar-refractivity contribution in [3.63, 3.8) is 0 Å². The highest BCUT2D eigenvalue weighted by Crippen LogP contribution is 2.21. The zero-order valence-corrected chi connectivity index (χ0v) is 14.0. The normalized spacial score (nSPS) is 12.1. The number of amides is 1. The Kier molecular flexibility index (Phi) is 4.46. The maximum absolute atomic E-state index is 12.4. The number of carbonyl (C=O) groups is 1. The highest BCUT2D eigenvalue weighted by molar-refractivity contribution is 5.79. The van der Waals surface area contributed by atoms with Crippen LogP contribution in [0.1, 0.15) is 35.5 Å². The van der Waals surface area contributed by atoms with Gasteiger partial charge in [-0.25, -0.2) is 4.68 Å². The summed E-state index contributed by atoms with van der Waals surface area (Å²) >= 11 is 0. The summed E-state index contributed by atoms with van der Waals surface area (Å²) in [4.78, 5) is 12.4. The summed E-state index contributed by atoms with van der Waals surface area (Å²) in [5, 5.41) is 11.2. The molecule has 6 heteroatoms. The molecule has 0 bridgehead atoms. The van der Waals surface area contributed by atoms with Gasteiger partial charge < -0.3 is 9.84 Å². The van der Waals surface area contributed by atoms with Gasteiger partial charge in [0.05, 0.1) is 23.8 Å². The van der Waals surface area contributed by atoms with Gasteiger partial charge in [0.2, 0.25) is 5.91 Å². The summed E-state index contributed by atoms with van der Waals surface area (Å²) in [5.74, 6) is 0.624. The molecule has 0 radical (unpaired) electrons. The van der Waals surface area contributed by atoms with Crippen molar-refractivity contribution in [2.24, 2.45) is 0 Å². The Bertz CT molecular complexity index is 817. The molecule has 0 saturated carbocycles. The van der Waals surface area contributed by atoms with E-state index in [1.165, 1.54) is 0 Å². The molecule has 1 N–H and O–H groups in total. The topological polar surface area (TPSA) is 73.0 Å². The van der Waals surface area contributed by atoms with Crippen LogP contribution in [0.15, 0.2) is 47.2 Å². The molecule has 0 aliphatic heterocycles. The molecular weight excluding hydrogens is 304 g/mol. The Hall–Kier alpha value is -2.89. The monoisotopic (exact) mass is 324 g/mol. The zero-order chi connectivity index (χ0) is 17.1. The largest absolute Gasteiger partial charge is 0.361 e. The van der Waals surface area contributed by atoms with Crippen molar-refractivity contribution in [1.82, 2.24) is 20.3 Å². The lowest BCUT2D eigenvalue weighted by Gasteiger charge is -2.18. The smallest absolute Gasteiger partial charge is 0.225 e. The van der Waals surface area contributed by atoms with Crippen LogP contribution in [0, 0.1) is 13.8 Å². The summed E-state index contributed by atoms with van der Waals surface area (Å²) in [6.45, 7) is 5.63. The average Bonchev–Trinajstić information content (AvgIpc) is 3.20. The van der Waals surface area contributed by atoms with Crippen molar-refractivity contribution < 1.29 is 9.32 Å². The van der Waals surface area contributed by atoms with Gasteiger partial charge in [-0.2, -0.15) is 5.10 Å². The Morgan fingerprint density at radius 2 is 2.08 bits per heavy atom. The molecule has 6 nitrogen and oxygen atoms in total. The predicted octanol–water partition coefficient (Wildman–Crippen LogP) is 2.90. The first kappa shape index (κ1) is 16.0. The van der Waals surface area contributed by atoms with Gasteiger partial charge in [-0.3, -0.25) is 4.79 Å². The minimum absolute atomic E-state index is 0.0628. The number of nitrogens with zero attached hydrogens (tertiary/aromatic N) is 3. The van der Waals surface area contributed by atoms with Crippen LogP contribution in [-0.2, 0) is 11.2 Å². The molecule has 3 rings (SSSR count). The molecular formula is C18H20N4O2. The van der Waals surface area contributed by atoms with Crippen molar-refractivity contribution in [3.8, 4) is 5.69 Å². The van der Waals surface area contributed by atoms with Gasteiger partial charge in [0.15, 0.2) is 0 Å². The third-order valence-corrected chi connectivity index (χ3v) is 4.05. The third kappa shape index (κ3) is 3.22. The zero-order valence-electron chi connectivity index (χ0n) is 14.0. The van der Waals surface area contributed by atoms with Crippen LogP contribution in [0.25, 0.3) is 5.69 Å². The second kappa shape index (κ2) is 6.70. The molecule has 124 valence electrons. The van der Waals surface area contributed by atoms with Gasteiger partial charge in [0.1, 0.15) is 5.76 Å². The van der Waals surface area contributed by atoms with Crippen LogP contribution in [0.2, 0.25) is 0 Å². The van der Waals surface area contributed by atoms with E-state index in [0.29, 0.717) is 5.76 Å². The van der Waals surface area contributed by atoms with E-state index in [4.69, 9.17) is 4.52 Å². The van der Waals surface area contributed by atoms with E-state index in [2.05, 4.69) is 15.6 Å². The highest BCUT2D eigenvalue weighted by atomic mass is 16.5. The van der Waals surface area contributed by atoms with E-state index in [0.717, 1.165) is 22.5 Å². The lowest BCUT2D eigenvalue weighted by atomic mass is 10.0. The van der Waals surface area contributed by atoms with E-state index < -0.39 is 0 Å². The third-order valence-electron chi connectivity index (χ3n) is 4.05. The van der Waals surface area contributed by atoms with E-state index in [1.807, 2.05) is 57.3 Å². The van der Waals surface area contributed by atoms with Gasteiger partial charge in [0, 0.05) is 18.0 Å². The summed E-state index contributed by atoms with van der Waals surface area (Å²) in [6, 6.07) is 9.63. The molecule has 24 heavy (non-hydrogen) atoms. The van der Waals surface area contributed by atoms with E-state index in [1.54, 1.807) is 10.9 Å². The van der Waals surface area contributed by atoms with Gasteiger partial charge >= 0.3 is 0 Å². The molecule has 1 aromatic carbocycles. The predicted molar refractivity (Wildman–Crippen MR) is 89.8 cm³/mol. The minimum Gasteiger partial charge on any atom is -0.361 e. The van der Waals surface area contributed by atoms with Crippen LogP contribution >= 0.6 is 0 Å². The van der Waals surface area contributed by atoms with E-state index in [9.17, 15) is 4.79 Å². The maximum atomic E-state index is 12.4. The van der Waals surface area contributed by atoms with Crippen LogP contribution in [0.3, 0.4) is 0 Å². The minimum atomic E-state index is -0.140. The lowest BCUT2D eigenvalue weighted by molar-refractivity contribution is -0.121. The van der Waals surface area contributed by atoms with Gasteiger partial charge in [-0.05, 0) is 38.5 Å². The molecule has 0 unspecified atom stereocenters. The van der Waals surface area contributed by atoms with Crippen LogP contribution < -0.4 is 5.32 Å². The SMILES string of the molecule is Cc1noc(C)c1CC(=O)N[C@@H](C)c1ccccc1-n1cccn1. The number of hydrogen-bond acceptors (Lipinski definition) is 4. The number of hydrogen-bond donors (Lipinski definition) is 1. The number of benzene rings is 1. The fraction of sp³-hybridized carbons (Fsp3) is 0.278. The molecule has 0 spiro atoms. The number of aromatic nitrogens is 3. The Morgan fingerprint density at radius 3 is 2.75 bits per heavy atom. The second-order valence-electron chi connectivity index (χ2n) is 5.78. The summed E-state index contributed by atoms with van der Waals surface area (Å²) in [5.41, 5.74) is 3.56. The Morgan fingerprint density at radius 1 is 1.29 bits per heavy atom. The summed E-state index contributed by atoms with van der Waals surface area (Å²) < 4.78 is 6.91. The van der Waals surface area contributed by atoms with Crippen LogP contribution in [0.4, 0.5) is 0 Å². The maximum Gasteiger partial charge on any atom is 0.225 e. The molecule has 0 aliphatic carbocycles. The van der Waals surface area contributed by atoms with Crippen LogP contribution in [0.5, 0.6) is 0 Å². The molecule has 3 aromatic rings. The first-order valence-electron chi connectivity index (χ1n) is 7.86. The number of aryl methyl sites for hydroxylation is 2. The molecule has 1 amide bonds. The average molecular weight is 324 g/mol. The molecule has 0 fully saturated rings. The number of rotatable bonds is 5. The van der Waals surface area contributed by atoms with E-state index in [-0.39, 0.29) is 18.4 Å². The van der Waals surface area contributed by atoms with Crippen molar-refractivity contribution in [2.45, 2.75) is 33.2 Å². The molecule has 2 aromatic heterocycles. The van der Waals surface area contributed by atoms with Crippen molar-refractivity contribution in [1.29, 1.82) is 0 Å². The fourth-order valence-electron chi connectivity index (χ4n) is 2.76. The van der Waals surface area contributed by atoms with Crippen LogP contribution in [-0.4, -0.2) is 20.8 Å². The summed E-state index contributed by atoms with van der Waals surface area (Å²) in [7, 11) is 0. The summed E-state index contributed by atoms with van der Waals surface area (Å²) in [6.07, 6.45) is 3.88. The van der Waals surface area contributed by atoms with Crippen molar-refractivity contribution in [3.05, 3.63) is 65.3 Å². The lowest BCUT2D eigenvalue weighted by Crippen LogP contribution is -2.29. The Balaban J connectivity index is 1.76. The Labute approximate surface area is 140 Å². The van der Waals surface area contributed by atoms with Crippen molar-refractivity contribution in [2.75, 3.05) is 0 Å². The fourth-order valence-corrected chi connectivity index (χ4v) is 2.76. The number of nitrogens with one attached hydrogen (secondary N) is 1. The quantitative estimate of drug-likeness (QED) is 0.783. The van der Waals surface area contributed by atoms with E-state index >= 15 is 0 Å². The molecule has 0 saturated heterocycles. The highest BCUT2D eigenvalue weighted by Gasteiger charge is 2.17. The number of carbonyl (C=O) groups excluding carboxylic acids is 1. The van der Waals surface area contributed by atoms with Crippen molar-refractivity contribution >= 4 is 5.91 Å². The molecule has 0 aliphatic rings. The number of para-hydroxylation sites is 1. The first-order chi connectivity index (χ1) is 11.6. The first-order valence-corrected chi connectivity index (χ1v) is 7.86. The standard InChI is InChI=1S/C18H20N4O2/c1-12(20-18(23)11-16-13(2)21-24-14(16)3)15-7-4-5-8-17(15)22-10-6-9-19-22/h4-10,12H,11H2,1-3H3,(H,20,23)/t12-/m0/s1. The van der Waals surface area contributed by atoms with Gasteiger partial charge in [-0.15, -0.1) is 0 Å². The van der Waals surface area contributed by atoms with Gasteiger partial charge in [0.25, 0.3) is 0 Å². The molecule has 1 atom stereocenters. The van der Waals surface area contributed by atoms with Gasteiger partial charge in [-0.1, -0.05) is 23.4 Å². The second-order valence-corrected chi connectivity index (χ2v) is 5.78. The molecule has 2 heterocycles.